The molecule has 0 unspecified atom stereocenters. The molecule has 1 aromatic heterocycles. The molecule has 1 aliphatic heterocycles. The Morgan fingerprint density at radius 3 is 2.56 bits per heavy atom. The number of aromatic amines is 1. The van der Waals surface area contributed by atoms with E-state index in [4.69, 9.17) is 41.9 Å². The standard InChI is InChI=1S/C22H34ClFN3O9PS2/c1-12(2)35-17(30)13(3)26-37(38,33-9-10-39-19(31)21(4,5)6)34-11-14-16(29)22(23,24)18(36-14)27-8-7-15(28)25-20(27)32/h7-8,12-14,16,18,29H,9-11H2,1-6H3,(H,26,38)(H,25,28,32)/t13-,14+,16+,18+,22-,37+/m0/s1. The van der Waals surface area contributed by atoms with Crippen LogP contribution in [0.3, 0.4) is 0 Å². The molecular formula is C22H34ClFN3O9PS2. The molecule has 1 aliphatic rings. The van der Waals surface area contributed by atoms with E-state index in [2.05, 4.69) is 5.09 Å². The van der Waals surface area contributed by atoms with E-state index in [1.807, 2.05) is 4.98 Å². The lowest BCUT2D eigenvalue weighted by atomic mass is 10.00. The average molecular weight is 634 g/mol. The van der Waals surface area contributed by atoms with Crippen LogP contribution in [0.5, 0.6) is 0 Å². The van der Waals surface area contributed by atoms with Gasteiger partial charge >= 0.3 is 11.7 Å². The molecule has 0 aliphatic carbocycles. The Kier molecular flexibility index (Phi) is 11.9. The maximum atomic E-state index is 15.3. The van der Waals surface area contributed by atoms with Crippen molar-refractivity contribution >= 4 is 52.9 Å². The van der Waals surface area contributed by atoms with Crippen LogP contribution in [0.1, 0.15) is 47.8 Å². The highest BCUT2D eigenvalue weighted by atomic mass is 35.5. The number of hydrogen-bond acceptors (Lipinski definition) is 11. The molecule has 2 heterocycles. The minimum Gasteiger partial charge on any atom is -0.462 e. The molecule has 2 rings (SSSR count). The van der Waals surface area contributed by atoms with Gasteiger partial charge in [-0.1, -0.05) is 44.1 Å². The summed E-state index contributed by atoms with van der Waals surface area (Å²) in [5, 5.41) is 10.3. The number of esters is 1. The highest BCUT2D eigenvalue weighted by Crippen LogP contribution is 2.48. The van der Waals surface area contributed by atoms with Gasteiger partial charge in [-0.05, 0) is 32.6 Å². The number of aliphatic hydroxyl groups excluding tert-OH is 1. The van der Waals surface area contributed by atoms with Crippen LogP contribution < -0.4 is 16.3 Å². The summed E-state index contributed by atoms with van der Waals surface area (Å²) in [5.74, 6) is -0.388. The van der Waals surface area contributed by atoms with Gasteiger partial charge in [0.15, 0.2) is 11.3 Å². The van der Waals surface area contributed by atoms with Crippen molar-refractivity contribution in [3.05, 3.63) is 33.1 Å². The molecule has 17 heteroatoms. The van der Waals surface area contributed by atoms with E-state index >= 15 is 4.39 Å². The van der Waals surface area contributed by atoms with Gasteiger partial charge in [-0.2, -0.15) is 0 Å². The van der Waals surface area contributed by atoms with Gasteiger partial charge in [-0.25, -0.2) is 14.3 Å². The topological polar surface area (TPSA) is 158 Å². The number of alkyl halides is 2. The molecule has 6 atom stereocenters. The molecule has 39 heavy (non-hydrogen) atoms. The monoisotopic (exact) mass is 633 g/mol. The van der Waals surface area contributed by atoms with Crippen LogP contribution in [-0.2, 0) is 39.9 Å². The van der Waals surface area contributed by atoms with Gasteiger partial charge in [0, 0.05) is 23.4 Å². The van der Waals surface area contributed by atoms with Crippen LogP contribution in [0.15, 0.2) is 21.9 Å². The third-order valence-electron chi connectivity index (χ3n) is 5.14. The minimum atomic E-state index is -3.52. The van der Waals surface area contributed by atoms with Crippen molar-refractivity contribution < 1.29 is 37.6 Å². The van der Waals surface area contributed by atoms with Gasteiger partial charge in [0.1, 0.15) is 18.2 Å². The lowest BCUT2D eigenvalue weighted by Crippen LogP contribution is -2.42. The van der Waals surface area contributed by atoms with Crippen LogP contribution >= 0.6 is 30.0 Å². The second-order valence-electron chi connectivity index (χ2n) is 10.0. The molecule has 0 bridgehead atoms. The fourth-order valence-electron chi connectivity index (χ4n) is 3.13. The minimum absolute atomic E-state index is 0.0330. The van der Waals surface area contributed by atoms with Gasteiger partial charge < -0.3 is 23.6 Å². The maximum absolute atomic E-state index is 15.3. The van der Waals surface area contributed by atoms with Crippen molar-refractivity contribution in [1.29, 1.82) is 0 Å². The van der Waals surface area contributed by atoms with Crippen molar-refractivity contribution in [3.63, 3.8) is 0 Å². The van der Waals surface area contributed by atoms with Gasteiger partial charge in [0.25, 0.3) is 17.3 Å². The van der Waals surface area contributed by atoms with Crippen LogP contribution in [0, 0.1) is 5.41 Å². The highest BCUT2D eigenvalue weighted by Gasteiger charge is 2.58. The molecule has 0 spiro atoms. The van der Waals surface area contributed by atoms with E-state index < -0.39 is 71.6 Å². The molecule has 1 fully saturated rings. The summed E-state index contributed by atoms with van der Waals surface area (Å²) in [7, 11) is 0. The molecule has 0 radical (unpaired) electrons. The van der Waals surface area contributed by atoms with Crippen molar-refractivity contribution in [2.45, 2.75) is 77.3 Å². The van der Waals surface area contributed by atoms with E-state index in [0.717, 1.165) is 24.0 Å². The van der Waals surface area contributed by atoms with E-state index in [0.29, 0.717) is 4.57 Å². The second kappa shape index (κ2) is 13.7. The predicted molar refractivity (Wildman–Crippen MR) is 148 cm³/mol. The lowest BCUT2D eigenvalue weighted by molar-refractivity contribution is -0.149. The summed E-state index contributed by atoms with van der Waals surface area (Å²) in [6.45, 7) is 6.09. The lowest BCUT2D eigenvalue weighted by Gasteiger charge is -2.28. The zero-order valence-electron chi connectivity index (χ0n) is 22.3. The fraction of sp³-hybridized carbons (Fsp3) is 0.727. The first kappa shape index (κ1) is 34.0. The predicted octanol–water partition coefficient (Wildman–Crippen LogP) is 2.19. The van der Waals surface area contributed by atoms with E-state index in [1.165, 1.54) is 6.92 Å². The first-order valence-corrected chi connectivity index (χ1v) is 15.9. The molecule has 12 nitrogen and oxygen atoms in total. The zero-order valence-corrected chi connectivity index (χ0v) is 25.6. The molecule has 0 aromatic carbocycles. The summed E-state index contributed by atoms with van der Waals surface area (Å²) in [5.41, 5.74) is -2.28. The van der Waals surface area contributed by atoms with Gasteiger partial charge in [0.2, 0.25) is 0 Å². The molecule has 0 saturated carbocycles. The number of rotatable bonds is 12. The number of carbonyl (C=O) groups excluding carboxylic acids is 2. The number of aromatic nitrogens is 2. The second-order valence-corrected chi connectivity index (χ2v) is 14.9. The summed E-state index contributed by atoms with van der Waals surface area (Å²) >= 11 is 12.5. The Bertz CT molecular complexity index is 1190. The van der Waals surface area contributed by atoms with Gasteiger partial charge in [-0.3, -0.25) is 23.9 Å². The molecule has 3 N–H and O–H groups in total. The Hall–Kier alpha value is -1.16. The Balaban J connectivity index is 2.16. The van der Waals surface area contributed by atoms with Crippen LogP contribution in [0.4, 0.5) is 4.39 Å². The van der Waals surface area contributed by atoms with Crippen LogP contribution in [0.25, 0.3) is 0 Å². The summed E-state index contributed by atoms with van der Waals surface area (Å²) in [6.07, 6.45) is -4.61. The Labute approximate surface area is 239 Å². The Morgan fingerprint density at radius 1 is 1.36 bits per heavy atom. The van der Waals surface area contributed by atoms with Gasteiger partial charge in [0.05, 0.1) is 19.3 Å². The Morgan fingerprint density at radius 2 is 2.00 bits per heavy atom. The summed E-state index contributed by atoms with van der Waals surface area (Å²) < 4.78 is 38.2. The number of thioether (sulfide) groups is 1. The van der Waals surface area contributed by atoms with Crippen molar-refractivity contribution in [3.8, 4) is 0 Å². The largest absolute Gasteiger partial charge is 0.462 e. The number of nitrogens with zero attached hydrogens (tertiary/aromatic N) is 1. The van der Waals surface area contributed by atoms with Gasteiger partial charge in [-0.15, -0.1) is 0 Å². The van der Waals surface area contributed by atoms with Crippen molar-refractivity contribution in [2.75, 3.05) is 19.0 Å². The maximum Gasteiger partial charge on any atom is 0.330 e. The smallest absolute Gasteiger partial charge is 0.330 e. The number of halogens is 2. The number of ether oxygens (including phenoxy) is 2. The summed E-state index contributed by atoms with van der Waals surface area (Å²) in [4.78, 5) is 50.0. The van der Waals surface area contributed by atoms with E-state index in [1.54, 1.807) is 34.6 Å². The number of H-pyrrole nitrogens is 1. The first-order valence-electron chi connectivity index (χ1n) is 11.9. The third kappa shape index (κ3) is 9.44. The van der Waals surface area contributed by atoms with Crippen molar-refractivity contribution in [1.82, 2.24) is 14.6 Å². The zero-order chi connectivity index (χ0) is 29.8. The fourth-order valence-corrected chi connectivity index (χ4v) is 6.70. The van der Waals surface area contributed by atoms with E-state index in [9.17, 15) is 24.3 Å². The molecule has 0 amide bonds. The van der Waals surface area contributed by atoms with Crippen LogP contribution in [-0.4, -0.2) is 74.2 Å². The number of carbonyl (C=O) groups is 2. The van der Waals surface area contributed by atoms with E-state index in [-0.39, 0.29) is 17.5 Å². The first-order chi connectivity index (χ1) is 17.9. The third-order valence-corrected chi connectivity index (χ3v) is 9.46. The van der Waals surface area contributed by atoms with Crippen LogP contribution in [0.2, 0.25) is 0 Å². The average Bonchev–Trinajstić information content (AvgIpc) is 3.03. The summed E-state index contributed by atoms with van der Waals surface area (Å²) in [6, 6.07) is 0.00297. The molecule has 222 valence electrons. The van der Waals surface area contributed by atoms with Crippen molar-refractivity contribution in [2.24, 2.45) is 5.41 Å². The quantitative estimate of drug-likeness (QED) is 0.134. The SMILES string of the molecule is CC(C)OC(=O)[C@H](C)N[P@@](=S)(OCCSC(=O)C(C)(C)C)OC[C@H]1O[C@@H](n2ccc(=O)[nH]c2=O)[C@](F)(Cl)[C@@H]1O. The number of nitrogens with one attached hydrogen (secondary N) is 2. The normalized spacial score (nSPS) is 25.8. The number of aliphatic hydroxyl groups is 1. The molecular weight excluding hydrogens is 600 g/mol. The number of hydrogen-bond donors (Lipinski definition) is 3. The molecule has 1 saturated heterocycles. The highest BCUT2D eigenvalue weighted by molar-refractivity contribution is 8.13. The molecule has 1 aromatic rings.